The van der Waals surface area contributed by atoms with E-state index < -0.39 is 11.8 Å². The summed E-state index contributed by atoms with van der Waals surface area (Å²) in [7, 11) is 0. The number of ether oxygens (including phenoxy) is 1. The first kappa shape index (κ1) is 13.1. The summed E-state index contributed by atoms with van der Waals surface area (Å²) in [5, 5.41) is 0. The molecular weight excluding hydrogens is 247 g/mol. The maximum Gasteiger partial charge on any atom is 0.347 e. The molecule has 0 atom stereocenters. The molecule has 0 radical (unpaired) electrons. The molecule has 2 N–H and O–H groups in total. The maximum atomic E-state index is 13.4. The number of esters is 1. The molecule has 0 saturated carbocycles. The van der Waals surface area contributed by atoms with Crippen molar-refractivity contribution >= 4 is 11.8 Å². The van der Waals surface area contributed by atoms with Crippen LogP contribution in [0, 0.1) is 5.82 Å². The number of carbonyl (C=O) groups is 1. The Morgan fingerprint density at radius 2 is 2.00 bits per heavy atom. The van der Waals surface area contributed by atoms with Gasteiger partial charge in [0.2, 0.25) is 0 Å². The van der Waals surface area contributed by atoms with Gasteiger partial charge in [-0.3, -0.25) is 0 Å². The molecule has 0 aliphatic carbocycles. The second-order valence-corrected chi connectivity index (χ2v) is 4.44. The third-order valence-electron chi connectivity index (χ3n) is 2.77. The number of nitrogens with two attached hydrogens (primary N) is 1. The second kappa shape index (κ2) is 5.14. The number of benzene rings is 1. The van der Waals surface area contributed by atoms with Crippen LogP contribution in [0.25, 0.3) is 0 Å². The molecule has 4 nitrogen and oxygen atoms in total. The van der Waals surface area contributed by atoms with Gasteiger partial charge in [-0.1, -0.05) is 12.1 Å². The Morgan fingerprint density at radius 3 is 2.58 bits per heavy atom. The van der Waals surface area contributed by atoms with Crippen LogP contribution < -0.4 is 10.5 Å². The van der Waals surface area contributed by atoms with E-state index in [9.17, 15) is 9.18 Å². The Labute approximate surface area is 110 Å². The van der Waals surface area contributed by atoms with Gasteiger partial charge in [0.25, 0.3) is 0 Å². The number of para-hydroxylation sites is 1. The highest BCUT2D eigenvalue weighted by atomic mass is 19.1. The second-order valence-electron chi connectivity index (χ2n) is 4.44. The Balaban J connectivity index is 2.24. The maximum absolute atomic E-state index is 13.4. The van der Waals surface area contributed by atoms with E-state index in [0.29, 0.717) is 5.82 Å². The Morgan fingerprint density at radius 1 is 1.32 bits per heavy atom. The van der Waals surface area contributed by atoms with Gasteiger partial charge in [0.15, 0.2) is 11.6 Å². The standard InChI is InChI=1S/C14H15FN2O2/c1-9(2)17-8-7-10(13(17)16)14(18)19-12-6-4-3-5-11(12)15/h3-9H,16H2,1-2H3. The minimum atomic E-state index is -0.665. The van der Waals surface area contributed by atoms with E-state index in [1.807, 2.05) is 13.8 Å². The van der Waals surface area contributed by atoms with Crippen molar-refractivity contribution in [2.24, 2.45) is 0 Å². The minimum absolute atomic E-state index is 0.107. The zero-order valence-electron chi connectivity index (χ0n) is 10.8. The van der Waals surface area contributed by atoms with Crippen LogP contribution in [0.1, 0.15) is 30.2 Å². The lowest BCUT2D eigenvalue weighted by Gasteiger charge is -2.10. The fourth-order valence-corrected chi connectivity index (χ4v) is 1.76. The topological polar surface area (TPSA) is 57.2 Å². The molecule has 1 aromatic heterocycles. The quantitative estimate of drug-likeness (QED) is 0.683. The molecule has 2 rings (SSSR count). The molecule has 0 amide bonds. The van der Waals surface area contributed by atoms with Crippen molar-refractivity contribution in [1.82, 2.24) is 4.57 Å². The van der Waals surface area contributed by atoms with Crippen LogP contribution >= 0.6 is 0 Å². The summed E-state index contributed by atoms with van der Waals surface area (Å²) in [5.41, 5.74) is 6.10. The minimum Gasteiger partial charge on any atom is -0.420 e. The van der Waals surface area contributed by atoms with Crippen LogP contribution in [0.4, 0.5) is 10.2 Å². The highest BCUT2D eigenvalue weighted by Gasteiger charge is 2.18. The van der Waals surface area contributed by atoms with E-state index >= 15 is 0 Å². The van der Waals surface area contributed by atoms with Gasteiger partial charge in [0, 0.05) is 12.2 Å². The van der Waals surface area contributed by atoms with Crippen molar-refractivity contribution in [3.8, 4) is 5.75 Å². The largest absolute Gasteiger partial charge is 0.420 e. The number of hydrogen-bond acceptors (Lipinski definition) is 3. The van der Waals surface area contributed by atoms with Crippen LogP contribution in [0.3, 0.4) is 0 Å². The molecule has 19 heavy (non-hydrogen) atoms. The molecule has 0 unspecified atom stereocenters. The van der Waals surface area contributed by atoms with Crippen LogP contribution in [0.2, 0.25) is 0 Å². The van der Waals surface area contributed by atoms with Crippen LogP contribution in [0.5, 0.6) is 5.75 Å². The fourth-order valence-electron chi connectivity index (χ4n) is 1.76. The predicted molar refractivity (Wildman–Crippen MR) is 70.6 cm³/mol. The molecule has 0 aliphatic rings. The molecule has 2 aromatic rings. The first-order valence-electron chi connectivity index (χ1n) is 5.93. The number of nitrogens with zero attached hydrogens (tertiary/aromatic N) is 1. The number of halogens is 1. The number of rotatable bonds is 3. The number of anilines is 1. The third-order valence-corrected chi connectivity index (χ3v) is 2.77. The highest BCUT2D eigenvalue weighted by Crippen LogP contribution is 2.22. The van der Waals surface area contributed by atoms with Gasteiger partial charge in [0.05, 0.1) is 0 Å². The van der Waals surface area contributed by atoms with Crippen molar-refractivity contribution in [2.75, 3.05) is 5.73 Å². The molecule has 5 heteroatoms. The summed E-state index contributed by atoms with van der Waals surface area (Å²) in [6.07, 6.45) is 1.71. The Hall–Kier alpha value is -2.30. The van der Waals surface area contributed by atoms with E-state index in [1.54, 1.807) is 22.9 Å². The summed E-state index contributed by atoms with van der Waals surface area (Å²) in [6, 6.07) is 7.44. The SMILES string of the molecule is CC(C)n1ccc(C(=O)Oc2ccccc2F)c1N. The summed E-state index contributed by atoms with van der Waals surface area (Å²) in [4.78, 5) is 11.9. The highest BCUT2D eigenvalue weighted by molar-refractivity contribution is 5.95. The number of carbonyl (C=O) groups excluding carboxylic acids is 1. The average Bonchev–Trinajstić information content (AvgIpc) is 2.74. The van der Waals surface area contributed by atoms with Crippen molar-refractivity contribution in [1.29, 1.82) is 0 Å². The van der Waals surface area contributed by atoms with E-state index in [4.69, 9.17) is 10.5 Å². The van der Waals surface area contributed by atoms with Gasteiger partial charge in [-0.15, -0.1) is 0 Å². The first-order valence-corrected chi connectivity index (χ1v) is 5.93. The molecule has 1 aromatic carbocycles. The molecule has 0 aliphatic heterocycles. The van der Waals surface area contributed by atoms with E-state index in [1.165, 1.54) is 18.2 Å². The van der Waals surface area contributed by atoms with Gasteiger partial charge >= 0.3 is 5.97 Å². The Kier molecular flexibility index (Phi) is 3.55. The molecule has 100 valence electrons. The lowest BCUT2D eigenvalue weighted by Crippen LogP contribution is -2.13. The fraction of sp³-hybridized carbons (Fsp3) is 0.214. The van der Waals surface area contributed by atoms with Crippen LogP contribution in [0.15, 0.2) is 36.5 Å². The molecular formula is C14H15FN2O2. The number of hydrogen-bond donors (Lipinski definition) is 1. The number of aromatic nitrogens is 1. The van der Waals surface area contributed by atoms with Crippen molar-refractivity contribution in [2.45, 2.75) is 19.9 Å². The smallest absolute Gasteiger partial charge is 0.347 e. The van der Waals surface area contributed by atoms with E-state index in [0.717, 1.165) is 0 Å². The average molecular weight is 262 g/mol. The van der Waals surface area contributed by atoms with Gasteiger partial charge < -0.3 is 15.0 Å². The molecule has 1 heterocycles. The lowest BCUT2D eigenvalue weighted by atomic mass is 10.3. The zero-order valence-corrected chi connectivity index (χ0v) is 10.8. The van der Waals surface area contributed by atoms with Gasteiger partial charge in [0.1, 0.15) is 11.4 Å². The normalized spacial score (nSPS) is 10.7. The summed E-state index contributed by atoms with van der Waals surface area (Å²) < 4.78 is 20.1. The Bertz CT molecular complexity index is 605. The van der Waals surface area contributed by atoms with Gasteiger partial charge in [-0.05, 0) is 32.0 Å². The summed E-state index contributed by atoms with van der Waals surface area (Å²) in [5.74, 6) is -1.04. The van der Waals surface area contributed by atoms with E-state index in [2.05, 4.69) is 0 Å². The van der Waals surface area contributed by atoms with Gasteiger partial charge in [-0.2, -0.15) is 0 Å². The van der Waals surface area contributed by atoms with Crippen molar-refractivity contribution < 1.29 is 13.9 Å². The zero-order chi connectivity index (χ0) is 14.0. The third kappa shape index (κ3) is 2.59. The molecule has 0 fully saturated rings. The molecule has 0 saturated heterocycles. The van der Waals surface area contributed by atoms with Crippen LogP contribution in [-0.2, 0) is 0 Å². The molecule has 0 spiro atoms. The van der Waals surface area contributed by atoms with Gasteiger partial charge in [-0.25, -0.2) is 9.18 Å². The predicted octanol–water partition coefficient (Wildman–Crippen LogP) is 3.01. The first-order chi connectivity index (χ1) is 9.00. The lowest BCUT2D eigenvalue weighted by molar-refractivity contribution is 0.0729. The summed E-state index contributed by atoms with van der Waals surface area (Å²) in [6.45, 7) is 3.89. The van der Waals surface area contributed by atoms with Crippen molar-refractivity contribution in [3.63, 3.8) is 0 Å². The molecule has 0 bridgehead atoms. The number of nitrogen functional groups attached to an aromatic ring is 1. The van der Waals surface area contributed by atoms with Crippen LogP contribution in [-0.4, -0.2) is 10.5 Å². The monoisotopic (exact) mass is 262 g/mol. The van der Waals surface area contributed by atoms with Crippen molar-refractivity contribution in [3.05, 3.63) is 47.9 Å². The van der Waals surface area contributed by atoms with E-state index in [-0.39, 0.29) is 17.4 Å². The summed E-state index contributed by atoms with van der Waals surface area (Å²) >= 11 is 0.